The first-order valence-electron chi connectivity index (χ1n) is 11.3. The van der Waals surface area contributed by atoms with Gasteiger partial charge in [-0.25, -0.2) is 4.79 Å². The number of ether oxygens (including phenoxy) is 2. The summed E-state index contributed by atoms with van der Waals surface area (Å²) in [6, 6.07) is 31.6. The molecule has 4 aromatic rings. The number of hydrogen-bond donors (Lipinski definition) is 2. The largest absolute Gasteiger partial charge is 0.508 e. The van der Waals surface area contributed by atoms with Gasteiger partial charge >= 0.3 is 6.16 Å². The summed E-state index contributed by atoms with van der Waals surface area (Å²) in [7, 11) is 0. The van der Waals surface area contributed by atoms with Gasteiger partial charge in [-0.2, -0.15) is 0 Å². The van der Waals surface area contributed by atoms with Gasteiger partial charge in [0.25, 0.3) is 0 Å². The van der Waals surface area contributed by atoms with Gasteiger partial charge in [-0.15, -0.1) is 0 Å². The van der Waals surface area contributed by atoms with Gasteiger partial charge in [0.05, 0.1) is 13.2 Å². The van der Waals surface area contributed by atoms with Crippen LogP contribution in [0.25, 0.3) is 22.3 Å². The third-order valence-corrected chi connectivity index (χ3v) is 5.66. The molecule has 0 unspecified atom stereocenters. The number of hydrogen-bond acceptors (Lipinski definition) is 5. The van der Waals surface area contributed by atoms with Gasteiger partial charge in [-0.1, -0.05) is 72.8 Å². The van der Waals surface area contributed by atoms with Crippen molar-refractivity contribution in [2.75, 3.05) is 24.7 Å². The third kappa shape index (κ3) is 5.95. The Hall–Kier alpha value is -4.25. The number of carbonyl (C=O) groups is 1. The molecular formula is C29H28N2O3. The minimum absolute atomic E-state index is 0.243. The molecular weight excluding hydrogens is 424 g/mol. The second-order valence-corrected chi connectivity index (χ2v) is 8.01. The molecule has 0 aliphatic heterocycles. The van der Waals surface area contributed by atoms with Crippen molar-refractivity contribution in [2.45, 2.75) is 12.8 Å². The number of rotatable bonds is 8. The monoisotopic (exact) mass is 452 g/mol. The summed E-state index contributed by atoms with van der Waals surface area (Å²) >= 11 is 0. The van der Waals surface area contributed by atoms with Gasteiger partial charge in [0.1, 0.15) is 0 Å². The van der Waals surface area contributed by atoms with E-state index in [0.29, 0.717) is 12.8 Å². The molecule has 34 heavy (non-hydrogen) atoms. The van der Waals surface area contributed by atoms with E-state index in [-0.39, 0.29) is 13.2 Å². The Morgan fingerprint density at radius 2 is 0.941 bits per heavy atom. The summed E-state index contributed by atoms with van der Waals surface area (Å²) < 4.78 is 10.7. The molecule has 172 valence electrons. The second-order valence-electron chi connectivity index (χ2n) is 8.01. The third-order valence-electron chi connectivity index (χ3n) is 5.66. The lowest BCUT2D eigenvalue weighted by Crippen LogP contribution is -2.12. The maximum atomic E-state index is 12.1. The number of anilines is 2. The first-order valence-corrected chi connectivity index (χ1v) is 11.3. The minimum atomic E-state index is -0.657. The van der Waals surface area contributed by atoms with E-state index in [1.807, 2.05) is 84.9 Å². The highest BCUT2D eigenvalue weighted by atomic mass is 16.7. The van der Waals surface area contributed by atoms with Crippen LogP contribution in [-0.4, -0.2) is 19.4 Å². The van der Waals surface area contributed by atoms with Gasteiger partial charge in [0, 0.05) is 24.2 Å². The van der Waals surface area contributed by atoms with Gasteiger partial charge < -0.3 is 20.9 Å². The summed E-state index contributed by atoms with van der Waals surface area (Å²) in [6.45, 7) is 0.486. The molecule has 0 aliphatic rings. The van der Waals surface area contributed by atoms with Crippen molar-refractivity contribution < 1.29 is 14.3 Å². The van der Waals surface area contributed by atoms with Crippen LogP contribution < -0.4 is 11.5 Å². The van der Waals surface area contributed by atoms with E-state index in [0.717, 1.165) is 44.8 Å². The van der Waals surface area contributed by atoms with Crippen LogP contribution in [-0.2, 0) is 22.3 Å². The van der Waals surface area contributed by atoms with Crippen LogP contribution in [0, 0.1) is 0 Å². The van der Waals surface area contributed by atoms with Gasteiger partial charge in [0.2, 0.25) is 0 Å². The predicted octanol–water partition coefficient (Wildman–Crippen LogP) is 6.12. The molecule has 0 aliphatic carbocycles. The highest BCUT2D eigenvalue weighted by Gasteiger charge is 2.09. The molecule has 4 aromatic carbocycles. The normalized spacial score (nSPS) is 10.6. The predicted molar refractivity (Wildman–Crippen MR) is 137 cm³/mol. The molecule has 0 spiro atoms. The molecule has 0 atom stereocenters. The average molecular weight is 453 g/mol. The number of benzene rings is 4. The standard InChI is InChI=1S/C29H28N2O3/c30-25-13-9-23(10-14-25)27-7-3-1-5-21(27)17-19-33-29(32)34-20-18-22-6-2-4-8-28(22)24-11-15-26(31)16-12-24/h1-16H,17-20,30-31H2. The van der Waals surface area contributed by atoms with E-state index < -0.39 is 6.16 Å². The summed E-state index contributed by atoms with van der Waals surface area (Å²) in [4.78, 5) is 12.1. The smallest absolute Gasteiger partial charge is 0.434 e. The van der Waals surface area contributed by atoms with Crippen molar-refractivity contribution in [3.8, 4) is 22.3 Å². The lowest BCUT2D eigenvalue weighted by atomic mass is 9.98. The topological polar surface area (TPSA) is 87.6 Å². The van der Waals surface area contributed by atoms with Crippen molar-refractivity contribution in [1.29, 1.82) is 0 Å². The molecule has 0 bridgehead atoms. The Kier molecular flexibility index (Phi) is 7.45. The highest BCUT2D eigenvalue weighted by molar-refractivity contribution is 5.70. The fourth-order valence-corrected chi connectivity index (χ4v) is 3.90. The van der Waals surface area contributed by atoms with Crippen LogP contribution >= 0.6 is 0 Å². The van der Waals surface area contributed by atoms with E-state index in [9.17, 15) is 4.79 Å². The van der Waals surface area contributed by atoms with E-state index in [4.69, 9.17) is 20.9 Å². The summed E-state index contributed by atoms with van der Waals surface area (Å²) in [5, 5.41) is 0. The summed E-state index contributed by atoms with van der Waals surface area (Å²) in [5.74, 6) is 0. The van der Waals surface area contributed by atoms with E-state index in [2.05, 4.69) is 12.1 Å². The van der Waals surface area contributed by atoms with Crippen molar-refractivity contribution in [3.63, 3.8) is 0 Å². The fourth-order valence-electron chi connectivity index (χ4n) is 3.90. The Morgan fingerprint density at radius 3 is 1.35 bits per heavy atom. The summed E-state index contributed by atoms with van der Waals surface area (Å²) in [5.41, 5.74) is 19.6. The molecule has 5 heteroatoms. The van der Waals surface area contributed by atoms with Gasteiger partial charge in [-0.05, 0) is 57.6 Å². The molecule has 0 fully saturated rings. The van der Waals surface area contributed by atoms with Gasteiger partial charge in [0.15, 0.2) is 0 Å². The Morgan fingerprint density at radius 1 is 0.559 bits per heavy atom. The van der Waals surface area contributed by atoms with Crippen LogP contribution in [0.3, 0.4) is 0 Å². The van der Waals surface area contributed by atoms with Crippen LogP contribution in [0.15, 0.2) is 97.1 Å². The van der Waals surface area contributed by atoms with Crippen molar-refractivity contribution in [2.24, 2.45) is 0 Å². The van der Waals surface area contributed by atoms with Crippen molar-refractivity contribution >= 4 is 17.5 Å². The van der Waals surface area contributed by atoms with E-state index in [1.165, 1.54) is 0 Å². The first kappa shape index (κ1) is 22.9. The number of nitrogens with two attached hydrogens (primary N) is 2. The lowest BCUT2D eigenvalue weighted by Gasteiger charge is -2.12. The number of nitrogen functional groups attached to an aromatic ring is 2. The molecule has 0 saturated heterocycles. The van der Waals surface area contributed by atoms with Crippen LogP contribution in [0.2, 0.25) is 0 Å². The SMILES string of the molecule is Nc1ccc(-c2ccccc2CCOC(=O)OCCc2ccccc2-c2ccc(N)cc2)cc1. The average Bonchev–Trinajstić information content (AvgIpc) is 2.86. The first-order chi connectivity index (χ1) is 16.6. The Labute approximate surface area is 199 Å². The number of carbonyl (C=O) groups excluding carboxylic acids is 1. The van der Waals surface area contributed by atoms with Crippen LogP contribution in [0.4, 0.5) is 16.2 Å². The maximum absolute atomic E-state index is 12.1. The molecule has 0 heterocycles. The molecule has 5 nitrogen and oxygen atoms in total. The second kappa shape index (κ2) is 11.1. The Balaban J connectivity index is 1.28. The van der Waals surface area contributed by atoms with Crippen molar-refractivity contribution in [1.82, 2.24) is 0 Å². The zero-order valence-corrected chi connectivity index (χ0v) is 18.9. The molecule has 0 aromatic heterocycles. The summed E-state index contributed by atoms with van der Waals surface area (Å²) in [6.07, 6.45) is 0.528. The quantitative estimate of drug-likeness (QED) is 0.248. The highest BCUT2D eigenvalue weighted by Crippen LogP contribution is 2.26. The van der Waals surface area contributed by atoms with Crippen LogP contribution in [0.1, 0.15) is 11.1 Å². The van der Waals surface area contributed by atoms with E-state index in [1.54, 1.807) is 0 Å². The molecule has 4 N–H and O–H groups in total. The van der Waals surface area contributed by atoms with E-state index >= 15 is 0 Å². The zero-order chi connectivity index (χ0) is 23.8. The molecule has 4 rings (SSSR count). The molecule has 0 saturated carbocycles. The fraction of sp³-hybridized carbons (Fsp3) is 0.138. The van der Waals surface area contributed by atoms with Gasteiger partial charge in [-0.3, -0.25) is 0 Å². The maximum Gasteiger partial charge on any atom is 0.508 e. The molecule has 0 radical (unpaired) electrons. The lowest BCUT2D eigenvalue weighted by molar-refractivity contribution is 0.0569. The van der Waals surface area contributed by atoms with Crippen molar-refractivity contribution in [3.05, 3.63) is 108 Å². The van der Waals surface area contributed by atoms with Crippen LogP contribution in [0.5, 0.6) is 0 Å². The molecule has 0 amide bonds. The Bertz CT molecular complexity index is 1140. The zero-order valence-electron chi connectivity index (χ0n) is 18.9. The minimum Gasteiger partial charge on any atom is -0.434 e.